The third-order valence-electron chi connectivity index (χ3n) is 4.50. The Hall–Kier alpha value is -3.26. The van der Waals surface area contributed by atoms with Crippen molar-refractivity contribution in [1.29, 1.82) is 5.26 Å². The van der Waals surface area contributed by atoms with Crippen LogP contribution in [0, 0.1) is 11.3 Å². The number of hydrogen-bond acceptors (Lipinski definition) is 4. The van der Waals surface area contributed by atoms with Crippen LogP contribution in [0.1, 0.15) is 37.6 Å². The van der Waals surface area contributed by atoms with E-state index < -0.39 is 0 Å². The molecule has 0 unspecified atom stereocenters. The highest BCUT2D eigenvalue weighted by Gasteiger charge is 2.17. The number of aromatic nitrogens is 2. The van der Waals surface area contributed by atoms with Gasteiger partial charge in [-0.1, -0.05) is 31.9 Å². The standard InChI is InChI=1S/C22H23N3O2/c1-3-4-7-14-27-17-12-10-16(11-13-17)21(26)18(15-23)22-24-19-8-5-6-9-20(19)25(22)2/h5-6,8-13,26H,3-4,7,14H2,1-2H3/b21-18+. The lowest BCUT2D eigenvalue weighted by Gasteiger charge is -2.08. The van der Waals surface area contributed by atoms with Crippen LogP contribution < -0.4 is 4.74 Å². The molecule has 5 heteroatoms. The summed E-state index contributed by atoms with van der Waals surface area (Å²) >= 11 is 0. The minimum Gasteiger partial charge on any atom is -0.506 e. The highest BCUT2D eigenvalue weighted by molar-refractivity contribution is 5.94. The van der Waals surface area contributed by atoms with Gasteiger partial charge in [-0.2, -0.15) is 5.26 Å². The lowest BCUT2D eigenvalue weighted by atomic mass is 10.1. The van der Waals surface area contributed by atoms with Gasteiger partial charge in [0, 0.05) is 12.6 Å². The average Bonchev–Trinajstić information content (AvgIpc) is 3.03. The summed E-state index contributed by atoms with van der Waals surface area (Å²) in [7, 11) is 1.84. The number of aryl methyl sites for hydroxylation is 1. The van der Waals surface area contributed by atoms with E-state index in [9.17, 15) is 10.4 Å². The first-order valence-corrected chi connectivity index (χ1v) is 9.14. The molecule has 0 saturated heterocycles. The minimum absolute atomic E-state index is 0.0894. The fourth-order valence-electron chi connectivity index (χ4n) is 2.97. The summed E-state index contributed by atoms with van der Waals surface area (Å²) in [5.41, 5.74) is 2.39. The molecule has 0 amide bonds. The van der Waals surface area contributed by atoms with Crippen LogP contribution in [0.5, 0.6) is 5.75 Å². The average molecular weight is 361 g/mol. The van der Waals surface area contributed by atoms with Gasteiger partial charge in [0.25, 0.3) is 0 Å². The van der Waals surface area contributed by atoms with Gasteiger partial charge in [0.15, 0.2) is 5.82 Å². The van der Waals surface area contributed by atoms with Crippen molar-refractivity contribution in [3.8, 4) is 11.8 Å². The molecule has 0 aliphatic carbocycles. The van der Waals surface area contributed by atoms with Crippen LogP contribution in [0.2, 0.25) is 0 Å². The van der Waals surface area contributed by atoms with E-state index >= 15 is 0 Å². The van der Waals surface area contributed by atoms with Gasteiger partial charge >= 0.3 is 0 Å². The zero-order chi connectivity index (χ0) is 19.2. The molecule has 2 aromatic carbocycles. The van der Waals surface area contributed by atoms with Crippen LogP contribution >= 0.6 is 0 Å². The predicted octanol–water partition coefficient (Wildman–Crippen LogP) is 5.09. The van der Waals surface area contributed by atoms with Crippen molar-refractivity contribution in [2.75, 3.05) is 6.61 Å². The van der Waals surface area contributed by atoms with E-state index in [1.54, 1.807) is 24.3 Å². The summed E-state index contributed by atoms with van der Waals surface area (Å²) in [5.74, 6) is 1.11. The highest BCUT2D eigenvalue weighted by Crippen LogP contribution is 2.27. The second-order valence-electron chi connectivity index (χ2n) is 6.40. The van der Waals surface area contributed by atoms with Crippen LogP contribution in [-0.4, -0.2) is 21.3 Å². The molecule has 0 bridgehead atoms. The molecule has 0 spiro atoms. The van der Waals surface area contributed by atoms with Crippen LogP contribution in [-0.2, 0) is 7.05 Å². The number of para-hydroxylation sites is 2. The Labute approximate surface area is 159 Å². The van der Waals surface area contributed by atoms with Crippen LogP contribution in [0.25, 0.3) is 22.4 Å². The quantitative estimate of drug-likeness (QED) is 0.361. The normalized spacial score (nSPS) is 11.9. The Balaban J connectivity index is 1.88. The number of ether oxygens (including phenoxy) is 1. The number of benzene rings is 2. The summed E-state index contributed by atoms with van der Waals surface area (Å²) in [4.78, 5) is 4.50. The second kappa shape index (κ2) is 8.41. The molecule has 1 heterocycles. The maximum atomic E-state index is 10.7. The van der Waals surface area contributed by atoms with Gasteiger partial charge in [-0.05, 0) is 42.8 Å². The molecule has 0 atom stereocenters. The number of allylic oxidation sites excluding steroid dienone is 1. The van der Waals surface area contributed by atoms with E-state index in [1.165, 1.54) is 0 Å². The maximum Gasteiger partial charge on any atom is 0.155 e. The monoisotopic (exact) mass is 361 g/mol. The molecule has 27 heavy (non-hydrogen) atoms. The van der Waals surface area contributed by atoms with E-state index in [0.29, 0.717) is 18.0 Å². The summed E-state index contributed by atoms with van der Waals surface area (Å²) in [5, 5.41) is 20.3. The van der Waals surface area contributed by atoms with Gasteiger partial charge in [0.05, 0.1) is 17.6 Å². The van der Waals surface area contributed by atoms with E-state index in [4.69, 9.17) is 4.74 Å². The van der Waals surface area contributed by atoms with Crippen molar-refractivity contribution in [1.82, 2.24) is 9.55 Å². The Morgan fingerprint density at radius 3 is 2.56 bits per heavy atom. The first-order valence-electron chi connectivity index (χ1n) is 9.14. The van der Waals surface area contributed by atoms with Gasteiger partial charge in [-0.25, -0.2) is 4.98 Å². The molecule has 0 aliphatic heterocycles. The van der Waals surface area contributed by atoms with Crippen LogP contribution in [0.4, 0.5) is 0 Å². The van der Waals surface area contributed by atoms with Crippen molar-refractivity contribution in [3.05, 3.63) is 59.9 Å². The van der Waals surface area contributed by atoms with Crippen molar-refractivity contribution in [2.45, 2.75) is 26.2 Å². The van der Waals surface area contributed by atoms with E-state index in [2.05, 4.69) is 18.0 Å². The van der Waals surface area contributed by atoms with E-state index in [0.717, 1.165) is 36.0 Å². The lowest BCUT2D eigenvalue weighted by molar-refractivity contribution is 0.306. The maximum absolute atomic E-state index is 10.7. The molecule has 0 radical (unpaired) electrons. The van der Waals surface area contributed by atoms with Crippen LogP contribution in [0.15, 0.2) is 48.5 Å². The SMILES string of the molecule is CCCCCOc1ccc(/C(O)=C(/C#N)c2nc3ccccc3n2C)cc1. The van der Waals surface area contributed by atoms with Crippen molar-refractivity contribution in [3.63, 3.8) is 0 Å². The molecule has 3 rings (SSSR count). The largest absolute Gasteiger partial charge is 0.506 e. The van der Waals surface area contributed by atoms with Gasteiger partial charge in [-0.15, -0.1) is 0 Å². The molecule has 0 fully saturated rings. The number of rotatable bonds is 7. The number of hydrogen-bond donors (Lipinski definition) is 1. The zero-order valence-corrected chi connectivity index (χ0v) is 15.6. The number of nitrogens with zero attached hydrogens (tertiary/aromatic N) is 3. The first kappa shape index (κ1) is 18.5. The Morgan fingerprint density at radius 2 is 1.89 bits per heavy atom. The third-order valence-corrected chi connectivity index (χ3v) is 4.50. The number of aliphatic hydroxyl groups excluding tert-OH is 1. The molecule has 138 valence electrons. The summed E-state index contributed by atoms with van der Waals surface area (Å²) < 4.78 is 7.51. The van der Waals surface area contributed by atoms with Gasteiger partial charge < -0.3 is 14.4 Å². The fourth-order valence-corrected chi connectivity index (χ4v) is 2.97. The lowest BCUT2D eigenvalue weighted by Crippen LogP contribution is -2.00. The predicted molar refractivity (Wildman–Crippen MR) is 107 cm³/mol. The number of imidazole rings is 1. The van der Waals surface area contributed by atoms with Gasteiger partial charge in [0.2, 0.25) is 0 Å². The fraction of sp³-hybridized carbons (Fsp3) is 0.273. The van der Waals surface area contributed by atoms with Crippen molar-refractivity contribution >= 4 is 22.4 Å². The molecule has 1 aromatic heterocycles. The van der Waals surface area contributed by atoms with Gasteiger partial charge in [0.1, 0.15) is 23.2 Å². The Morgan fingerprint density at radius 1 is 1.15 bits per heavy atom. The Bertz CT molecular complexity index is 995. The first-order chi connectivity index (χ1) is 13.2. The Kier molecular flexibility index (Phi) is 5.77. The highest BCUT2D eigenvalue weighted by atomic mass is 16.5. The van der Waals surface area contributed by atoms with E-state index in [-0.39, 0.29) is 11.3 Å². The number of fused-ring (bicyclic) bond motifs is 1. The summed E-state index contributed by atoms with van der Waals surface area (Å²) in [6.07, 6.45) is 3.32. The molecule has 0 saturated carbocycles. The van der Waals surface area contributed by atoms with Gasteiger partial charge in [-0.3, -0.25) is 0 Å². The van der Waals surface area contributed by atoms with Crippen molar-refractivity contribution in [2.24, 2.45) is 7.05 Å². The molecular weight excluding hydrogens is 338 g/mol. The molecule has 1 N–H and O–H groups in total. The number of unbranched alkanes of at least 4 members (excludes halogenated alkanes) is 2. The van der Waals surface area contributed by atoms with Crippen molar-refractivity contribution < 1.29 is 9.84 Å². The smallest absolute Gasteiger partial charge is 0.155 e. The summed E-state index contributed by atoms with van der Waals surface area (Å²) in [6, 6.07) is 16.9. The number of aliphatic hydroxyl groups is 1. The second-order valence-corrected chi connectivity index (χ2v) is 6.40. The van der Waals surface area contributed by atoms with E-state index in [1.807, 2.05) is 35.9 Å². The molecular formula is C22H23N3O2. The molecule has 5 nitrogen and oxygen atoms in total. The zero-order valence-electron chi connectivity index (χ0n) is 15.6. The number of nitriles is 1. The molecule has 0 aliphatic rings. The molecule has 3 aromatic rings. The van der Waals surface area contributed by atoms with Crippen LogP contribution in [0.3, 0.4) is 0 Å². The third kappa shape index (κ3) is 3.95. The topological polar surface area (TPSA) is 71.1 Å². The summed E-state index contributed by atoms with van der Waals surface area (Å²) in [6.45, 7) is 2.83. The minimum atomic E-state index is -0.0894.